The maximum Gasteiger partial charge on any atom is 0.261 e. The van der Waals surface area contributed by atoms with Gasteiger partial charge >= 0.3 is 0 Å². The molecule has 2 aromatic rings. The van der Waals surface area contributed by atoms with Gasteiger partial charge in [0.05, 0.1) is 44.1 Å². The molecule has 1 aromatic heterocycles. The molecule has 26 heavy (non-hydrogen) atoms. The number of thioether (sulfide) groups is 1. The fourth-order valence-electron chi connectivity index (χ4n) is 2.50. The van der Waals surface area contributed by atoms with Crippen molar-refractivity contribution in [3.8, 4) is 11.5 Å². The molecule has 0 bridgehead atoms. The Morgan fingerprint density at radius 1 is 1.35 bits per heavy atom. The number of nitrogens with one attached hydrogen (secondary N) is 1. The molecule has 1 amide bonds. The number of aliphatic hydroxyl groups excluding tert-OH is 1. The molecule has 0 saturated heterocycles. The standard InChI is InChI=1S/C17H23N3O5S/c1-24-14-6-12-13(7-15(14)25-2)18-10-20(17(12)23)8-16(22)19-11(9-21)4-5-26-3/h6-7,10-11,21H,4-5,8-9H2,1-3H3,(H,19,22)/t11-/m1/s1. The van der Waals surface area contributed by atoms with Crippen molar-refractivity contribution in [1.82, 2.24) is 14.9 Å². The van der Waals surface area contributed by atoms with Crippen LogP contribution in [0.4, 0.5) is 0 Å². The second-order valence-corrected chi connectivity index (χ2v) is 6.62. The van der Waals surface area contributed by atoms with Gasteiger partial charge in [-0.2, -0.15) is 11.8 Å². The van der Waals surface area contributed by atoms with Gasteiger partial charge in [-0.1, -0.05) is 0 Å². The Hall–Kier alpha value is -2.26. The zero-order valence-corrected chi connectivity index (χ0v) is 15.8. The Bertz CT molecular complexity index is 824. The third-order valence-electron chi connectivity index (χ3n) is 3.90. The van der Waals surface area contributed by atoms with E-state index < -0.39 is 0 Å². The zero-order valence-electron chi connectivity index (χ0n) is 15.0. The predicted molar refractivity (Wildman–Crippen MR) is 101 cm³/mol. The highest BCUT2D eigenvalue weighted by atomic mass is 32.2. The Morgan fingerprint density at radius 2 is 2.04 bits per heavy atom. The Morgan fingerprint density at radius 3 is 2.65 bits per heavy atom. The van der Waals surface area contributed by atoms with E-state index in [-0.39, 0.29) is 30.7 Å². The molecular weight excluding hydrogens is 358 g/mol. The number of rotatable bonds is 9. The van der Waals surface area contributed by atoms with Gasteiger partial charge in [0.25, 0.3) is 5.56 Å². The van der Waals surface area contributed by atoms with Gasteiger partial charge in [0, 0.05) is 6.07 Å². The molecule has 9 heteroatoms. The van der Waals surface area contributed by atoms with E-state index in [0.29, 0.717) is 28.8 Å². The first-order valence-corrected chi connectivity index (χ1v) is 9.43. The van der Waals surface area contributed by atoms with Crippen LogP contribution in [0.3, 0.4) is 0 Å². The molecule has 1 aromatic carbocycles. The second-order valence-electron chi connectivity index (χ2n) is 5.63. The molecule has 2 rings (SSSR count). The quantitative estimate of drug-likeness (QED) is 0.657. The smallest absolute Gasteiger partial charge is 0.261 e. The van der Waals surface area contributed by atoms with Crippen molar-refractivity contribution in [2.75, 3.05) is 32.8 Å². The third-order valence-corrected chi connectivity index (χ3v) is 4.54. The molecular formula is C17H23N3O5S. The molecule has 0 aliphatic heterocycles. The van der Waals surface area contributed by atoms with Crippen molar-refractivity contribution in [3.63, 3.8) is 0 Å². The maximum absolute atomic E-state index is 12.7. The monoisotopic (exact) mass is 381 g/mol. The molecule has 0 saturated carbocycles. The Balaban J connectivity index is 2.23. The number of fused-ring (bicyclic) bond motifs is 1. The van der Waals surface area contributed by atoms with Crippen LogP contribution in [0.2, 0.25) is 0 Å². The minimum absolute atomic E-state index is 0.145. The number of amides is 1. The van der Waals surface area contributed by atoms with E-state index in [4.69, 9.17) is 9.47 Å². The van der Waals surface area contributed by atoms with Crippen molar-refractivity contribution >= 4 is 28.6 Å². The van der Waals surface area contributed by atoms with Gasteiger partial charge in [-0.25, -0.2) is 4.98 Å². The largest absolute Gasteiger partial charge is 0.493 e. The van der Waals surface area contributed by atoms with Crippen LogP contribution in [0, 0.1) is 0 Å². The lowest BCUT2D eigenvalue weighted by Crippen LogP contribution is -2.41. The van der Waals surface area contributed by atoms with Crippen molar-refractivity contribution in [2.24, 2.45) is 0 Å². The summed E-state index contributed by atoms with van der Waals surface area (Å²) in [6.45, 7) is -0.319. The number of carbonyl (C=O) groups excluding carboxylic acids is 1. The summed E-state index contributed by atoms with van der Waals surface area (Å²) in [5, 5.41) is 12.4. The fraction of sp³-hybridized carbons (Fsp3) is 0.471. The van der Waals surface area contributed by atoms with Gasteiger partial charge < -0.3 is 19.9 Å². The van der Waals surface area contributed by atoms with Crippen molar-refractivity contribution in [3.05, 3.63) is 28.8 Å². The van der Waals surface area contributed by atoms with Gasteiger partial charge in [-0.05, 0) is 24.5 Å². The first kappa shape index (κ1) is 20.1. The summed E-state index contributed by atoms with van der Waals surface area (Å²) in [4.78, 5) is 29.1. The summed E-state index contributed by atoms with van der Waals surface area (Å²) < 4.78 is 11.6. The van der Waals surface area contributed by atoms with Gasteiger partial charge in [0.1, 0.15) is 6.54 Å². The highest BCUT2D eigenvalue weighted by Gasteiger charge is 2.15. The van der Waals surface area contributed by atoms with Crippen LogP contribution < -0.4 is 20.3 Å². The molecule has 0 aliphatic carbocycles. The molecule has 142 valence electrons. The van der Waals surface area contributed by atoms with Crippen LogP contribution in [0.15, 0.2) is 23.3 Å². The van der Waals surface area contributed by atoms with E-state index >= 15 is 0 Å². The van der Waals surface area contributed by atoms with Crippen LogP contribution in [-0.4, -0.2) is 59.4 Å². The maximum atomic E-state index is 12.7. The molecule has 0 radical (unpaired) electrons. The molecule has 0 spiro atoms. The zero-order chi connectivity index (χ0) is 19.1. The number of carbonyl (C=O) groups is 1. The summed E-state index contributed by atoms with van der Waals surface area (Å²) in [6.07, 6.45) is 3.94. The van der Waals surface area contributed by atoms with Crippen LogP contribution >= 0.6 is 11.8 Å². The van der Waals surface area contributed by atoms with E-state index in [1.54, 1.807) is 23.9 Å². The first-order chi connectivity index (χ1) is 12.5. The molecule has 0 unspecified atom stereocenters. The Kier molecular flexibility index (Phi) is 7.28. The lowest BCUT2D eigenvalue weighted by atomic mass is 10.2. The highest BCUT2D eigenvalue weighted by Crippen LogP contribution is 2.29. The normalized spacial score (nSPS) is 12.0. The van der Waals surface area contributed by atoms with Crippen LogP contribution in [0.1, 0.15) is 6.42 Å². The summed E-state index contributed by atoms with van der Waals surface area (Å²) >= 11 is 1.64. The number of benzene rings is 1. The molecule has 1 heterocycles. The predicted octanol–water partition coefficient (Wildman–Crippen LogP) is 0.644. The number of aromatic nitrogens is 2. The second kappa shape index (κ2) is 9.44. The summed E-state index contributed by atoms with van der Waals surface area (Å²) in [6, 6.07) is 2.83. The molecule has 8 nitrogen and oxygen atoms in total. The molecule has 1 atom stereocenters. The van der Waals surface area contributed by atoms with Gasteiger partial charge in [0.15, 0.2) is 11.5 Å². The number of methoxy groups -OCH3 is 2. The van der Waals surface area contributed by atoms with Crippen molar-refractivity contribution in [2.45, 2.75) is 19.0 Å². The number of ether oxygens (including phenoxy) is 2. The van der Waals surface area contributed by atoms with E-state index in [0.717, 1.165) is 5.75 Å². The first-order valence-electron chi connectivity index (χ1n) is 8.04. The number of hydrogen-bond donors (Lipinski definition) is 2. The third kappa shape index (κ3) is 4.67. The average Bonchev–Trinajstić information content (AvgIpc) is 2.66. The lowest BCUT2D eigenvalue weighted by molar-refractivity contribution is -0.122. The minimum Gasteiger partial charge on any atom is -0.493 e. The van der Waals surface area contributed by atoms with E-state index in [1.807, 2.05) is 6.26 Å². The topological polar surface area (TPSA) is 103 Å². The van der Waals surface area contributed by atoms with Gasteiger partial charge in [-0.3, -0.25) is 14.2 Å². The van der Waals surface area contributed by atoms with Crippen LogP contribution in [-0.2, 0) is 11.3 Å². The lowest BCUT2D eigenvalue weighted by Gasteiger charge is -2.16. The summed E-state index contributed by atoms with van der Waals surface area (Å²) in [5.74, 6) is 1.36. The van der Waals surface area contributed by atoms with E-state index in [2.05, 4.69) is 10.3 Å². The fourth-order valence-corrected chi connectivity index (χ4v) is 3.02. The van der Waals surface area contributed by atoms with Crippen LogP contribution in [0.25, 0.3) is 10.9 Å². The Labute approximate surface area is 155 Å². The average molecular weight is 381 g/mol. The van der Waals surface area contributed by atoms with E-state index in [9.17, 15) is 14.7 Å². The van der Waals surface area contributed by atoms with Gasteiger partial charge in [0.2, 0.25) is 5.91 Å². The van der Waals surface area contributed by atoms with Crippen molar-refractivity contribution < 1.29 is 19.4 Å². The summed E-state index contributed by atoms with van der Waals surface area (Å²) in [5.41, 5.74) is 0.105. The summed E-state index contributed by atoms with van der Waals surface area (Å²) in [7, 11) is 2.99. The van der Waals surface area contributed by atoms with E-state index in [1.165, 1.54) is 25.1 Å². The molecule has 2 N–H and O–H groups in total. The number of aliphatic hydroxyl groups is 1. The molecule has 0 aliphatic rings. The SMILES string of the molecule is COc1cc2ncn(CC(=O)N[C@@H](CO)CCSC)c(=O)c2cc1OC. The molecule has 0 fully saturated rings. The van der Waals surface area contributed by atoms with Gasteiger partial charge in [-0.15, -0.1) is 0 Å². The minimum atomic E-state index is -0.353. The highest BCUT2D eigenvalue weighted by molar-refractivity contribution is 7.98. The number of hydrogen-bond acceptors (Lipinski definition) is 7. The van der Waals surface area contributed by atoms with Crippen LogP contribution in [0.5, 0.6) is 11.5 Å². The van der Waals surface area contributed by atoms with Crippen molar-refractivity contribution in [1.29, 1.82) is 0 Å². The number of nitrogens with zero attached hydrogens (tertiary/aromatic N) is 2.